The van der Waals surface area contributed by atoms with Gasteiger partial charge in [0.1, 0.15) is 0 Å². The van der Waals surface area contributed by atoms with E-state index in [0.717, 1.165) is 11.4 Å². The van der Waals surface area contributed by atoms with Gasteiger partial charge in [0.05, 0.1) is 5.69 Å². The van der Waals surface area contributed by atoms with E-state index in [1.807, 2.05) is 24.3 Å². The molecule has 0 unspecified atom stereocenters. The number of nitrogens with zero attached hydrogens (tertiary/aromatic N) is 1. The van der Waals surface area contributed by atoms with Gasteiger partial charge in [-0.25, -0.2) is 4.99 Å². The van der Waals surface area contributed by atoms with Gasteiger partial charge in [-0.3, -0.25) is 0 Å². The van der Waals surface area contributed by atoms with Gasteiger partial charge in [0, 0.05) is 10.8 Å². The molecule has 2 rings (SSSR count). The van der Waals surface area contributed by atoms with Gasteiger partial charge in [-0.05, 0) is 42.3 Å². The number of hydrogen-bond donors (Lipinski definition) is 1. The maximum atomic E-state index is 5.92. The largest absolute Gasteiger partial charge is 0.378 e. The van der Waals surface area contributed by atoms with Gasteiger partial charge in [-0.1, -0.05) is 47.6 Å². The molecule has 2 aromatic carbocycles. The zero-order chi connectivity index (χ0) is 13.7. The quantitative estimate of drug-likeness (QED) is 0.666. The van der Waals surface area contributed by atoms with Crippen molar-refractivity contribution in [1.82, 2.24) is 0 Å². The van der Waals surface area contributed by atoms with E-state index in [1.54, 1.807) is 12.1 Å². The Morgan fingerprint density at radius 1 is 1.16 bits per heavy atom. The van der Waals surface area contributed by atoms with E-state index in [9.17, 15) is 0 Å². The van der Waals surface area contributed by atoms with Crippen molar-refractivity contribution >= 4 is 34.2 Å². The Balaban J connectivity index is 1.99. The molecule has 0 saturated carbocycles. The molecular formula is C15H15ClN2S. The van der Waals surface area contributed by atoms with Gasteiger partial charge in [0.2, 0.25) is 0 Å². The highest BCUT2D eigenvalue weighted by Crippen LogP contribution is 2.20. The molecule has 0 bridgehead atoms. The second kappa shape index (κ2) is 6.64. The Morgan fingerprint density at radius 3 is 2.53 bits per heavy atom. The van der Waals surface area contributed by atoms with E-state index in [2.05, 4.69) is 24.0 Å². The summed E-state index contributed by atoms with van der Waals surface area (Å²) < 4.78 is 0. The highest BCUT2D eigenvalue weighted by molar-refractivity contribution is 8.13. The monoisotopic (exact) mass is 290 g/mol. The summed E-state index contributed by atoms with van der Waals surface area (Å²) in [6.45, 7) is 2.10. The van der Waals surface area contributed by atoms with E-state index < -0.39 is 0 Å². The summed E-state index contributed by atoms with van der Waals surface area (Å²) in [7, 11) is 0. The molecule has 0 spiro atoms. The number of amidine groups is 1. The van der Waals surface area contributed by atoms with Gasteiger partial charge in [-0.2, -0.15) is 0 Å². The Bertz CT molecular complexity index is 579. The number of aliphatic imine (C=N–C) groups is 1. The summed E-state index contributed by atoms with van der Waals surface area (Å²) in [5.74, 6) is 0.829. The van der Waals surface area contributed by atoms with E-state index in [1.165, 1.54) is 22.9 Å². The number of halogens is 1. The summed E-state index contributed by atoms with van der Waals surface area (Å²) in [6, 6.07) is 15.6. The van der Waals surface area contributed by atoms with Crippen LogP contribution in [0.5, 0.6) is 0 Å². The maximum absolute atomic E-state index is 5.92. The van der Waals surface area contributed by atoms with Gasteiger partial charge >= 0.3 is 0 Å². The van der Waals surface area contributed by atoms with Crippen LogP contribution >= 0.6 is 23.4 Å². The van der Waals surface area contributed by atoms with Crippen molar-refractivity contribution in [3.63, 3.8) is 0 Å². The number of nitrogens with two attached hydrogens (primary N) is 1. The topological polar surface area (TPSA) is 38.4 Å². The lowest BCUT2D eigenvalue weighted by Gasteiger charge is -2.04. The molecule has 2 aromatic rings. The van der Waals surface area contributed by atoms with Crippen LogP contribution < -0.4 is 5.73 Å². The number of benzene rings is 2. The van der Waals surface area contributed by atoms with Crippen molar-refractivity contribution in [2.24, 2.45) is 10.7 Å². The molecule has 0 saturated heterocycles. The van der Waals surface area contributed by atoms with Gasteiger partial charge in [0.25, 0.3) is 0 Å². The highest BCUT2D eigenvalue weighted by atomic mass is 35.5. The molecule has 0 atom stereocenters. The first-order valence-corrected chi connectivity index (χ1v) is 7.28. The Labute approximate surface area is 122 Å². The van der Waals surface area contributed by atoms with Crippen molar-refractivity contribution in [2.45, 2.75) is 12.7 Å². The third-order valence-electron chi connectivity index (χ3n) is 2.70. The molecular weight excluding hydrogens is 276 g/mol. The third kappa shape index (κ3) is 4.30. The normalized spacial score (nSPS) is 11.6. The van der Waals surface area contributed by atoms with E-state index in [-0.39, 0.29) is 0 Å². The second-order valence-corrected chi connectivity index (χ2v) is 5.57. The minimum absolute atomic E-state index is 0.561. The van der Waals surface area contributed by atoms with Crippen molar-refractivity contribution in [3.05, 3.63) is 64.7 Å². The molecule has 19 heavy (non-hydrogen) atoms. The van der Waals surface area contributed by atoms with E-state index in [4.69, 9.17) is 17.3 Å². The SMILES string of the molecule is Cc1ccccc1CSC(N)=Nc1ccc(Cl)cc1. The first-order valence-electron chi connectivity index (χ1n) is 5.92. The van der Waals surface area contributed by atoms with Gasteiger partial charge in [-0.15, -0.1) is 0 Å². The van der Waals surface area contributed by atoms with Crippen molar-refractivity contribution in [1.29, 1.82) is 0 Å². The smallest absolute Gasteiger partial charge is 0.159 e. The van der Waals surface area contributed by atoms with Crippen LogP contribution in [0.3, 0.4) is 0 Å². The number of rotatable bonds is 3. The lowest BCUT2D eigenvalue weighted by atomic mass is 10.1. The first-order chi connectivity index (χ1) is 9.15. The van der Waals surface area contributed by atoms with Crippen LogP contribution in [0, 0.1) is 6.92 Å². The molecule has 0 aliphatic carbocycles. The van der Waals surface area contributed by atoms with Gasteiger partial charge in [0.15, 0.2) is 5.17 Å². The first kappa shape index (κ1) is 14.0. The molecule has 0 amide bonds. The van der Waals surface area contributed by atoms with Crippen molar-refractivity contribution < 1.29 is 0 Å². The summed E-state index contributed by atoms with van der Waals surface area (Å²) in [5, 5.41) is 1.26. The Hall–Kier alpha value is -1.45. The fraction of sp³-hybridized carbons (Fsp3) is 0.133. The molecule has 0 fully saturated rings. The summed E-state index contributed by atoms with van der Waals surface area (Å²) in [6.07, 6.45) is 0. The molecule has 0 aliphatic heterocycles. The molecule has 2 N–H and O–H groups in total. The zero-order valence-corrected chi connectivity index (χ0v) is 12.2. The van der Waals surface area contributed by atoms with Crippen LogP contribution in [0.15, 0.2) is 53.5 Å². The average molecular weight is 291 g/mol. The van der Waals surface area contributed by atoms with Crippen molar-refractivity contribution in [2.75, 3.05) is 0 Å². The Morgan fingerprint density at radius 2 is 1.84 bits per heavy atom. The predicted molar refractivity (Wildman–Crippen MR) is 85.2 cm³/mol. The number of hydrogen-bond acceptors (Lipinski definition) is 2. The second-order valence-electron chi connectivity index (χ2n) is 4.14. The Kier molecular flexibility index (Phi) is 4.88. The van der Waals surface area contributed by atoms with E-state index in [0.29, 0.717) is 10.2 Å². The molecule has 0 aliphatic rings. The highest BCUT2D eigenvalue weighted by Gasteiger charge is 2.00. The molecule has 98 valence electrons. The average Bonchev–Trinajstić information content (AvgIpc) is 2.40. The minimum atomic E-state index is 0.561. The molecule has 0 radical (unpaired) electrons. The van der Waals surface area contributed by atoms with Crippen LogP contribution in [-0.2, 0) is 5.75 Å². The minimum Gasteiger partial charge on any atom is -0.378 e. The standard InChI is InChI=1S/C15H15ClN2S/c1-11-4-2-3-5-12(11)10-19-15(17)18-14-8-6-13(16)7-9-14/h2-9H,10H2,1H3,(H2,17,18). The van der Waals surface area contributed by atoms with Crippen LogP contribution in [0.2, 0.25) is 5.02 Å². The lowest BCUT2D eigenvalue weighted by molar-refractivity contribution is 1.31. The summed E-state index contributed by atoms with van der Waals surface area (Å²) in [5.41, 5.74) is 9.29. The number of aryl methyl sites for hydroxylation is 1. The van der Waals surface area contributed by atoms with Crippen LogP contribution in [-0.4, -0.2) is 5.17 Å². The summed E-state index contributed by atoms with van der Waals surface area (Å²) >= 11 is 7.36. The van der Waals surface area contributed by atoms with Crippen LogP contribution in [0.4, 0.5) is 5.69 Å². The van der Waals surface area contributed by atoms with E-state index >= 15 is 0 Å². The lowest BCUT2D eigenvalue weighted by Crippen LogP contribution is -2.06. The molecule has 2 nitrogen and oxygen atoms in total. The molecule has 4 heteroatoms. The van der Waals surface area contributed by atoms with Gasteiger partial charge < -0.3 is 5.73 Å². The molecule has 0 heterocycles. The van der Waals surface area contributed by atoms with Crippen LogP contribution in [0.1, 0.15) is 11.1 Å². The predicted octanol–water partition coefficient (Wildman–Crippen LogP) is 4.53. The maximum Gasteiger partial charge on any atom is 0.159 e. The van der Waals surface area contributed by atoms with Crippen LogP contribution in [0.25, 0.3) is 0 Å². The number of thioether (sulfide) groups is 1. The third-order valence-corrected chi connectivity index (χ3v) is 3.80. The fourth-order valence-electron chi connectivity index (χ4n) is 1.60. The zero-order valence-electron chi connectivity index (χ0n) is 10.6. The molecule has 0 aromatic heterocycles. The van der Waals surface area contributed by atoms with Crippen molar-refractivity contribution in [3.8, 4) is 0 Å². The summed E-state index contributed by atoms with van der Waals surface area (Å²) in [4.78, 5) is 4.34. The fourth-order valence-corrected chi connectivity index (χ4v) is 2.52.